The van der Waals surface area contributed by atoms with Crippen molar-refractivity contribution in [3.05, 3.63) is 12.1 Å². The molecule has 0 fully saturated rings. The molecule has 78 valence electrons. The van der Waals surface area contributed by atoms with Gasteiger partial charge in [0.1, 0.15) is 5.82 Å². The minimum Gasteiger partial charge on any atom is -0.396 e. The number of aromatic nitrogens is 2. The Hall–Kier alpha value is -1.36. The highest BCUT2D eigenvalue weighted by atomic mass is 16.3. The standard InChI is InChI=1S/C9H16N4O/c1-2-13(6-3-7-14)9-5-4-8(10)11-12-9/h4-5,14H,2-3,6-7H2,1H3,(H2,10,11). The molecule has 14 heavy (non-hydrogen) atoms. The molecule has 3 N–H and O–H groups in total. The normalized spacial score (nSPS) is 10.1. The first kappa shape index (κ1) is 10.7. The summed E-state index contributed by atoms with van der Waals surface area (Å²) >= 11 is 0. The summed E-state index contributed by atoms with van der Waals surface area (Å²) < 4.78 is 0. The van der Waals surface area contributed by atoms with Crippen molar-refractivity contribution in [2.24, 2.45) is 0 Å². The molecule has 0 atom stereocenters. The average Bonchev–Trinajstić information content (AvgIpc) is 2.21. The van der Waals surface area contributed by atoms with Crippen molar-refractivity contribution >= 4 is 11.6 Å². The summed E-state index contributed by atoms with van der Waals surface area (Å²) in [6.45, 7) is 3.86. The number of nitrogens with zero attached hydrogens (tertiary/aromatic N) is 3. The van der Waals surface area contributed by atoms with Gasteiger partial charge in [-0.2, -0.15) is 0 Å². The lowest BCUT2D eigenvalue weighted by Gasteiger charge is -2.20. The van der Waals surface area contributed by atoms with Gasteiger partial charge in [-0.05, 0) is 25.5 Å². The van der Waals surface area contributed by atoms with Crippen molar-refractivity contribution in [1.29, 1.82) is 0 Å². The van der Waals surface area contributed by atoms with E-state index < -0.39 is 0 Å². The number of hydrogen-bond acceptors (Lipinski definition) is 5. The predicted molar refractivity (Wildman–Crippen MR) is 56.0 cm³/mol. The molecule has 0 aliphatic carbocycles. The summed E-state index contributed by atoms with van der Waals surface area (Å²) in [4.78, 5) is 2.04. The highest BCUT2D eigenvalue weighted by molar-refractivity contribution is 5.40. The van der Waals surface area contributed by atoms with E-state index in [2.05, 4.69) is 10.2 Å². The second-order valence-corrected chi connectivity index (χ2v) is 2.97. The first-order valence-corrected chi connectivity index (χ1v) is 4.73. The highest BCUT2D eigenvalue weighted by Gasteiger charge is 2.04. The topological polar surface area (TPSA) is 75.3 Å². The SMILES string of the molecule is CCN(CCCO)c1ccc(N)nn1. The van der Waals surface area contributed by atoms with Crippen LogP contribution >= 0.6 is 0 Å². The zero-order valence-electron chi connectivity index (χ0n) is 8.35. The summed E-state index contributed by atoms with van der Waals surface area (Å²) in [5, 5.41) is 16.5. The lowest BCUT2D eigenvalue weighted by Crippen LogP contribution is -2.25. The molecule has 0 bridgehead atoms. The Labute approximate surface area is 83.6 Å². The molecule has 0 unspecified atom stereocenters. The predicted octanol–water partition coefficient (Wildman–Crippen LogP) is 0.268. The first-order valence-electron chi connectivity index (χ1n) is 4.73. The Morgan fingerprint density at radius 3 is 2.71 bits per heavy atom. The fraction of sp³-hybridized carbons (Fsp3) is 0.556. The first-order chi connectivity index (χ1) is 6.77. The van der Waals surface area contributed by atoms with Crippen molar-refractivity contribution in [2.75, 3.05) is 30.3 Å². The number of aliphatic hydroxyl groups is 1. The quantitative estimate of drug-likeness (QED) is 0.707. The number of hydrogen-bond donors (Lipinski definition) is 2. The molecule has 0 aliphatic heterocycles. The zero-order chi connectivity index (χ0) is 10.4. The van der Waals surface area contributed by atoms with Gasteiger partial charge in [-0.1, -0.05) is 0 Å². The van der Waals surface area contributed by atoms with Gasteiger partial charge in [-0.3, -0.25) is 0 Å². The van der Waals surface area contributed by atoms with Crippen LogP contribution in [0.25, 0.3) is 0 Å². The van der Waals surface area contributed by atoms with Gasteiger partial charge < -0.3 is 15.7 Å². The van der Waals surface area contributed by atoms with Gasteiger partial charge in [-0.25, -0.2) is 0 Å². The van der Waals surface area contributed by atoms with Crippen LogP contribution in [0, 0.1) is 0 Å². The Balaban J connectivity index is 2.64. The molecule has 0 aromatic carbocycles. The molecule has 1 aromatic rings. The minimum absolute atomic E-state index is 0.193. The minimum atomic E-state index is 0.193. The van der Waals surface area contributed by atoms with Gasteiger partial charge in [0.25, 0.3) is 0 Å². The van der Waals surface area contributed by atoms with E-state index in [9.17, 15) is 0 Å². The van der Waals surface area contributed by atoms with Crippen LogP contribution in [0.1, 0.15) is 13.3 Å². The van der Waals surface area contributed by atoms with Crippen molar-refractivity contribution in [3.63, 3.8) is 0 Å². The fourth-order valence-corrected chi connectivity index (χ4v) is 1.20. The molecule has 0 saturated carbocycles. The Bertz CT molecular complexity index is 262. The monoisotopic (exact) mass is 196 g/mol. The third kappa shape index (κ3) is 2.85. The summed E-state index contributed by atoms with van der Waals surface area (Å²) in [5.74, 6) is 1.22. The van der Waals surface area contributed by atoms with Crippen LogP contribution < -0.4 is 10.6 Å². The molecular formula is C9H16N4O. The second kappa shape index (κ2) is 5.39. The molecule has 5 heteroatoms. The largest absolute Gasteiger partial charge is 0.396 e. The summed E-state index contributed by atoms with van der Waals surface area (Å²) in [6, 6.07) is 3.56. The van der Waals surface area contributed by atoms with E-state index in [1.54, 1.807) is 6.07 Å². The van der Waals surface area contributed by atoms with Gasteiger partial charge >= 0.3 is 0 Å². The van der Waals surface area contributed by atoms with Gasteiger partial charge in [0, 0.05) is 19.7 Å². The van der Waals surface area contributed by atoms with Crippen LogP contribution in [0.3, 0.4) is 0 Å². The van der Waals surface area contributed by atoms with E-state index >= 15 is 0 Å². The van der Waals surface area contributed by atoms with Crippen LogP contribution in [0.4, 0.5) is 11.6 Å². The van der Waals surface area contributed by atoms with Crippen molar-refractivity contribution in [2.45, 2.75) is 13.3 Å². The van der Waals surface area contributed by atoms with E-state index in [1.165, 1.54) is 0 Å². The maximum Gasteiger partial charge on any atom is 0.151 e. The number of nitrogen functional groups attached to an aromatic ring is 1. The van der Waals surface area contributed by atoms with E-state index in [1.807, 2.05) is 17.9 Å². The maximum absolute atomic E-state index is 8.72. The van der Waals surface area contributed by atoms with Crippen molar-refractivity contribution in [1.82, 2.24) is 10.2 Å². The Morgan fingerprint density at radius 1 is 1.43 bits per heavy atom. The summed E-state index contributed by atoms with van der Waals surface area (Å²) in [7, 11) is 0. The van der Waals surface area contributed by atoms with Gasteiger partial charge in [0.05, 0.1) is 0 Å². The fourth-order valence-electron chi connectivity index (χ4n) is 1.20. The number of anilines is 2. The molecular weight excluding hydrogens is 180 g/mol. The molecule has 0 saturated heterocycles. The second-order valence-electron chi connectivity index (χ2n) is 2.97. The van der Waals surface area contributed by atoms with Crippen molar-refractivity contribution < 1.29 is 5.11 Å². The lowest BCUT2D eigenvalue weighted by atomic mass is 10.3. The number of aliphatic hydroxyl groups excluding tert-OH is 1. The third-order valence-corrected chi connectivity index (χ3v) is 1.96. The third-order valence-electron chi connectivity index (χ3n) is 1.96. The van der Waals surface area contributed by atoms with Gasteiger partial charge in [0.2, 0.25) is 0 Å². The smallest absolute Gasteiger partial charge is 0.151 e. The number of nitrogens with two attached hydrogens (primary N) is 1. The average molecular weight is 196 g/mol. The van der Waals surface area contributed by atoms with E-state index in [4.69, 9.17) is 10.8 Å². The van der Waals surface area contributed by atoms with Crippen LogP contribution in [0.2, 0.25) is 0 Å². The van der Waals surface area contributed by atoms with Crippen LogP contribution in [-0.4, -0.2) is 35.0 Å². The molecule has 0 aliphatic rings. The Morgan fingerprint density at radius 2 is 2.21 bits per heavy atom. The summed E-state index contributed by atoms with van der Waals surface area (Å²) in [5.41, 5.74) is 5.44. The molecule has 1 rings (SSSR count). The van der Waals surface area contributed by atoms with E-state index in [0.29, 0.717) is 5.82 Å². The van der Waals surface area contributed by atoms with E-state index in [-0.39, 0.29) is 6.61 Å². The van der Waals surface area contributed by atoms with Crippen LogP contribution in [0.15, 0.2) is 12.1 Å². The number of rotatable bonds is 5. The maximum atomic E-state index is 8.72. The van der Waals surface area contributed by atoms with Crippen molar-refractivity contribution in [3.8, 4) is 0 Å². The van der Waals surface area contributed by atoms with Crippen LogP contribution in [-0.2, 0) is 0 Å². The Kier molecular flexibility index (Phi) is 4.12. The molecule has 0 spiro atoms. The van der Waals surface area contributed by atoms with Gasteiger partial charge in [0.15, 0.2) is 5.82 Å². The van der Waals surface area contributed by atoms with Gasteiger partial charge in [-0.15, -0.1) is 10.2 Å². The lowest BCUT2D eigenvalue weighted by molar-refractivity contribution is 0.289. The zero-order valence-corrected chi connectivity index (χ0v) is 8.35. The van der Waals surface area contributed by atoms with Crippen LogP contribution in [0.5, 0.6) is 0 Å². The molecule has 0 radical (unpaired) electrons. The molecule has 5 nitrogen and oxygen atoms in total. The molecule has 1 heterocycles. The molecule has 0 amide bonds. The summed E-state index contributed by atoms with van der Waals surface area (Å²) in [6.07, 6.45) is 0.736. The van der Waals surface area contributed by atoms with E-state index in [0.717, 1.165) is 25.3 Å². The molecule has 1 aromatic heterocycles. The highest BCUT2D eigenvalue weighted by Crippen LogP contribution is 2.09.